The zero-order chi connectivity index (χ0) is 20.7. The van der Waals surface area contributed by atoms with Crippen molar-refractivity contribution in [3.05, 3.63) is 71.5 Å². The van der Waals surface area contributed by atoms with Gasteiger partial charge in [0.25, 0.3) is 5.91 Å². The van der Waals surface area contributed by atoms with Crippen LogP contribution in [-0.2, 0) is 11.0 Å². The van der Waals surface area contributed by atoms with E-state index < -0.39 is 41.6 Å². The van der Waals surface area contributed by atoms with Crippen LogP contribution in [0.25, 0.3) is 0 Å². The largest absolute Gasteiger partial charge is 0.573 e. The Bertz CT molecular complexity index is 918. The van der Waals surface area contributed by atoms with E-state index in [4.69, 9.17) is 0 Å². The van der Waals surface area contributed by atoms with Crippen molar-refractivity contribution in [1.29, 1.82) is 0 Å². The number of aliphatic hydroxyl groups excluding tert-OH is 1. The van der Waals surface area contributed by atoms with Crippen molar-refractivity contribution < 1.29 is 41.0 Å². The minimum atomic E-state index is -4.92. The number of carbonyl (C=O) groups is 1. The molecule has 2 aromatic carbocycles. The molecule has 1 aliphatic heterocycles. The Morgan fingerprint density at radius 2 is 1.61 bits per heavy atom. The number of anilines is 1. The molecule has 0 spiro atoms. The maximum absolute atomic E-state index is 12.7. The lowest BCUT2D eigenvalue weighted by atomic mass is 10.1. The lowest BCUT2D eigenvalue weighted by Gasteiger charge is -2.25. The Hall–Kier alpha value is -3.17. The molecule has 1 aliphatic rings. The van der Waals surface area contributed by atoms with Crippen LogP contribution in [0.1, 0.15) is 17.2 Å². The van der Waals surface area contributed by atoms with E-state index in [0.29, 0.717) is 0 Å². The third-order valence-electron chi connectivity index (χ3n) is 3.94. The van der Waals surface area contributed by atoms with E-state index in [-0.39, 0.29) is 11.3 Å². The van der Waals surface area contributed by atoms with Gasteiger partial charge in [0.2, 0.25) is 0 Å². The van der Waals surface area contributed by atoms with E-state index in [0.717, 1.165) is 47.4 Å². The number of alkyl halides is 6. The van der Waals surface area contributed by atoms with E-state index in [1.165, 1.54) is 12.1 Å². The second-order valence-electron chi connectivity index (χ2n) is 5.84. The van der Waals surface area contributed by atoms with E-state index in [9.17, 15) is 36.2 Å². The Morgan fingerprint density at radius 1 is 0.964 bits per heavy atom. The van der Waals surface area contributed by atoms with Gasteiger partial charge in [0, 0.05) is 5.69 Å². The Kier molecular flexibility index (Phi) is 4.74. The molecule has 0 saturated carbocycles. The number of nitrogens with zero attached hydrogens (tertiary/aromatic N) is 1. The molecule has 0 bridgehead atoms. The fourth-order valence-corrected chi connectivity index (χ4v) is 2.77. The highest BCUT2D eigenvalue weighted by Gasteiger charge is 2.37. The van der Waals surface area contributed by atoms with Crippen LogP contribution in [0.5, 0.6) is 5.75 Å². The predicted octanol–water partition coefficient (Wildman–Crippen LogP) is 5.13. The van der Waals surface area contributed by atoms with Gasteiger partial charge in [0.15, 0.2) is 5.76 Å². The monoisotopic (exact) mass is 403 g/mol. The van der Waals surface area contributed by atoms with E-state index in [2.05, 4.69) is 4.74 Å². The molecule has 10 heteroatoms. The SMILES string of the molecule is O=C1C(O)=CC(c2cccc(OC(F)(F)F)c2)N1c1ccc(C(F)(F)F)cc1. The van der Waals surface area contributed by atoms with Crippen LogP contribution in [0.15, 0.2) is 60.4 Å². The van der Waals surface area contributed by atoms with Crippen molar-refractivity contribution in [2.75, 3.05) is 4.90 Å². The van der Waals surface area contributed by atoms with Crippen LogP contribution < -0.4 is 9.64 Å². The Balaban J connectivity index is 1.96. The number of amides is 1. The number of halogens is 6. The van der Waals surface area contributed by atoms with Crippen molar-refractivity contribution in [2.45, 2.75) is 18.6 Å². The number of ether oxygens (including phenoxy) is 1. The van der Waals surface area contributed by atoms with E-state index in [1.54, 1.807) is 0 Å². The molecule has 28 heavy (non-hydrogen) atoms. The average Bonchev–Trinajstić information content (AvgIpc) is 2.88. The summed E-state index contributed by atoms with van der Waals surface area (Å²) in [6, 6.07) is 7.31. The number of rotatable bonds is 3. The molecule has 0 aromatic heterocycles. The van der Waals surface area contributed by atoms with Crippen molar-refractivity contribution in [1.82, 2.24) is 0 Å². The summed E-state index contributed by atoms with van der Waals surface area (Å²) in [6.07, 6.45) is -8.40. The van der Waals surface area contributed by atoms with Crippen molar-refractivity contribution in [3.8, 4) is 5.75 Å². The summed E-state index contributed by atoms with van der Waals surface area (Å²) in [5.74, 6) is -2.11. The van der Waals surface area contributed by atoms with Gasteiger partial charge in [-0.05, 0) is 48.0 Å². The molecular weight excluding hydrogens is 392 g/mol. The Morgan fingerprint density at radius 3 is 2.18 bits per heavy atom. The van der Waals surface area contributed by atoms with Gasteiger partial charge in [-0.1, -0.05) is 12.1 Å². The molecule has 1 atom stereocenters. The van der Waals surface area contributed by atoms with Crippen LogP contribution in [0, 0.1) is 0 Å². The number of aliphatic hydroxyl groups is 1. The second-order valence-corrected chi connectivity index (χ2v) is 5.84. The molecule has 0 radical (unpaired) electrons. The van der Waals surface area contributed by atoms with E-state index in [1.807, 2.05) is 0 Å². The van der Waals surface area contributed by atoms with Gasteiger partial charge in [0.05, 0.1) is 11.6 Å². The lowest BCUT2D eigenvalue weighted by Crippen LogP contribution is -2.29. The average molecular weight is 403 g/mol. The van der Waals surface area contributed by atoms with Gasteiger partial charge in [-0.25, -0.2) is 0 Å². The predicted molar refractivity (Wildman–Crippen MR) is 85.5 cm³/mol. The van der Waals surface area contributed by atoms with Gasteiger partial charge in [-0.2, -0.15) is 13.2 Å². The summed E-state index contributed by atoms with van der Waals surface area (Å²) in [5, 5.41) is 9.78. The molecule has 1 heterocycles. The highest BCUT2D eigenvalue weighted by atomic mass is 19.4. The van der Waals surface area contributed by atoms with Gasteiger partial charge in [0.1, 0.15) is 5.75 Å². The lowest BCUT2D eigenvalue weighted by molar-refractivity contribution is -0.274. The summed E-state index contributed by atoms with van der Waals surface area (Å²) < 4.78 is 79.3. The summed E-state index contributed by atoms with van der Waals surface area (Å²) >= 11 is 0. The highest BCUT2D eigenvalue weighted by molar-refractivity contribution is 6.07. The minimum Gasteiger partial charge on any atom is -0.503 e. The molecule has 1 unspecified atom stereocenters. The third kappa shape index (κ3) is 4.05. The first-order valence-electron chi connectivity index (χ1n) is 7.73. The molecule has 148 valence electrons. The summed E-state index contributed by atoms with van der Waals surface area (Å²) in [4.78, 5) is 13.2. The van der Waals surface area contributed by atoms with Gasteiger partial charge < -0.3 is 9.84 Å². The number of benzene rings is 2. The molecule has 4 nitrogen and oxygen atoms in total. The summed E-state index contributed by atoms with van der Waals surface area (Å²) in [7, 11) is 0. The molecule has 1 amide bonds. The third-order valence-corrected chi connectivity index (χ3v) is 3.94. The first kappa shape index (κ1) is 19.6. The smallest absolute Gasteiger partial charge is 0.503 e. The van der Waals surface area contributed by atoms with Crippen molar-refractivity contribution in [2.24, 2.45) is 0 Å². The van der Waals surface area contributed by atoms with Crippen molar-refractivity contribution >= 4 is 11.6 Å². The van der Waals surface area contributed by atoms with Crippen LogP contribution >= 0.6 is 0 Å². The number of carbonyl (C=O) groups excluding carboxylic acids is 1. The van der Waals surface area contributed by atoms with E-state index >= 15 is 0 Å². The topological polar surface area (TPSA) is 49.8 Å². The first-order valence-corrected chi connectivity index (χ1v) is 7.73. The van der Waals surface area contributed by atoms with Crippen molar-refractivity contribution in [3.63, 3.8) is 0 Å². The Labute approximate surface area is 154 Å². The van der Waals surface area contributed by atoms with Crippen LogP contribution in [0.4, 0.5) is 32.0 Å². The fourth-order valence-electron chi connectivity index (χ4n) is 2.77. The minimum absolute atomic E-state index is 0.0328. The summed E-state index contributed by atoms with van der Waals surface area (Å²) in [6.45, 7) is 0. The van der Waals surface area contributed by atoms with Crippen LogP contribution in [0.2, 0.25) is 0 Å². The molecule has 0 aliphatic carbocycles. The first-order chi connectivity index (χ1) is 13.0. The van der Waals surface area contributed by atoms with Crippen LogP contribution in [-0.4, -0.2) is 17.4 Å². The molecule has 3 rings (SSSR count). The number of hydrogen-bond acceptors (Lipinski definition) is 3. The number of hydrogen-bond donors (Lipinski definition) is 1. The molecule has 0 fully saturated rings. The highest BCUT2D eigenvalue weighted by Crippen LogP contribution is 2.38. The van der Waals surface area contributed by atoms with Gasteiger partial charge in [-0.3, -0.25) is 9.69 Å². The standard InChI is InChI=1S/C18H11F6NO3/c19-17(20,21)11-4-6-12(7-5-11)25-14(9-15(26)16(25)27)10-2-1-3-13(8-10)28-18(22,23)24/h1-9,14,26H. The molecule has 2 aromatic rings. The normalized spacial score (nSPS) is 17.6. The molecule has 1 N–H and O–H groups in total. The molecule has 0 saturated heterocycles. The summed E-state index contributed by atoms with van der Waals surface area (Å²) in [5.41, 5.74) is -0.735. The van der Waals surface area contributed by atoms with Gasteiger partial charge in [-0.15, -0.1) is 13.2 Å². The maximum Gasteiger partial charge on any atom is 0.573 e. The van der Waals surface area contributed by atoms with Crippen LogP contribution in [0.3, 0.4) is 0 Å². The quantitative estimate of drug-likeness (QED) is 0.723. The fraction of sp³-hybridized carbons (Fsp3) is 0.167. The molecular formula is C18H11F6NO3. The zero-order valence-electron chi connectivity index (χ0n) is 13.8. The maximum atomic E-state index is 12.7. The zero-order valence-corrected chi connectivity index (χ0v) is 13.8. The van der Waals surface area contributed by atoms with Gasteiger partial charge >= 0.3 is 12.5 Å². The second kappa shape index (κ2) is 6.77.